The maximum Gasteiger partial charge on any atom is 0.521 e. The third kappa shape index (κ3) is 5.94. The molecule has 8 nitrogen and oxygen atoms in total. The monoisotopic (exact) mass is 424 g/mol. The van der Waals surface area contributed by atoms with Gasteiger partial charge in [-0.2, -0.15) is 21.9 Å². The number of thiol groups is 1. The van der Waals surface area contributed by atoms with Crippen molar-refractivity contribution in [2.24, 2.45) is 0 Å². The highest BCUT2D eigenvalue weighted by atomic mass is 32.1. The molecule has 1 fully saturated rings. The average Bonchev–Trinajstić information content (AvgIpc) is 3.11. The van der Waals surface area contributed by atoms with E-state index in [1.807, 2.05) is 30.3 Å². The van der Waals surface area contributed by atoms with Crippen LogP contribution in [0.4, 0.5) is 9.59 Å². The summed E-state index contributed by atoms with van der Waals surface area (Å²) in [5, 5.41) is 15.5. The van der Waals surface area contributed by atoms with E-state index in [2.05, 4.69) is 23.3 Å². The molecular formula is C20H30N3O5S+. The van der Waals surface area contributed by atoms with Gasteiger partial charge in [0.05, 0.1) is 6.54 Å². The van der Waals surface area contributed by atoms with Crippen molar-refractivity contribution in [3.05, 3.63) is 35.9 Å². The SMILES string of the molecule is CC1CCC[N@@+]1(C(=O)O)C(=O)[C@H](CCS)NCCNC(=O)OCc1ccccc1. The number of hydrogen-bond donors (Lipinski definition) is 4. The first kappa shape index (κ1) is 23.2. The van der Waals surface area contributed by atoms with Crippen LogP contribution in [0, 0.1) is 0 Å². The number of nitrogens with one attached hydrogen (secondary N) is 2. The Morgan fingerprint density at radius 2 is 2.00 bits per heavy atom. The Kier molecular flexibility index (Phi) is 8.94. The van der Waals surface area contributed by atoms with E-state index in [9.17, 15) is 19.5 Å². The normalized spacial score (nSPS) is 22.1. The first-order valence-electron chi connectivity index (χ1n) is 9.86. The van der Waals surface area contributed by atoms with E-state index in [0.717, 1.165) is 5.56 Å². The standard InChI is InChI=1S/C20H29N3O5S/c1-15-6-5-12-23(15,20(26)27)18(24)17(9-13-29)21-10-11-22-19(25)28-14-16-7-3-2-4-8-16/h2-4,7-8,15,17,21H,5-6,9-14H2,1H3,(H2-,22,25,26,27,29)/p+1/t15?,17-,23-/m0/s1. The van der Waals surface area contributed by atoms with Crippen LogP contribution in [0.5, 0.6) is 0 Å². The van der Waals surface area contributed by atoms with E-state index in [-0.39, 0.29) is 25.1 Å². The van der Waals surface area contributed by atoms with Crippen LogP contribution >= 0.6 is 12.6 Å². The molecule has 1 unspecified atom stereocenters. The summed E-state index contributed by atoms with van der Waals surface area (Å²) in [5.74, 6) is 0.104. The molecule has 3 atom stereocenters. The number of benzene rings is 1. The second kappa shape index (κ2) is 11.2. The molecular weight excluding hydrogens is 394 g/mol. The van der Waals surface area contributed by atoms with Gasteiger partial charge in [0.25, 0.3) is 0 Å². The highest BCUT2D eigenvalue weighted by Crippen LogP contribution is 2.29. The van der Waals surface area contributed by atoms with E-state index in [1.54, 1.807) is 6.92 Å². The quantitative estimate of drug-likeness (QED) is 0.276. The predicted molar refractivity (Wildman–Crippen MR) is 112 cm³/mol. The van der Waals surface area contributed by atoms with Crippen molar-refractivity contribution in [2.75, 3.05) is 25.4 Å². The molecule has 29 heavy (non-hydrogen) atoms. The summed E-state index contributed by atoms with van der Waals surface area (Å²) in [5.41, 5.74) is 0.891. The van der Waals surface area contributed by atoms with Crippen LogP contribution in [0.2, 0.25) is 0 Å². The minimum Gasteiger partial charge on any atom is -0.445 e. The van der Waals surface area contributed by atoms with Crippen molar-refractivity contribution in [2.45, 2.75) is 44.9 Å². The number of quaternary nitrogens is 1. The highest BCUT2D eigenvalue weighted by Gasteiger charge is 2.54. The van der Waals surface area contributed by atoms with E-state index in [1.165, 1.54) is 0 Å². The molecule has 0 radical (unpaired) electrons. The Bertz CT molecular complexity index is 703. The Hall–Kier alpha value is -2.10. The molecule has 1 aliphatic heterocycles. The number of ether oxygens (including phenoxy) is 1. The van der Waals surface area contributed by atoms with Crippen LogP contribution in [-0.4, -0.2) is 65.2 Å². The minimum atomic E-state index is -1.10. The summed E-state index contributed by atoms with van der Waals surface area (Å²) in [6.07, 6.45) is 0.186. The number of alkyl carbamates (subject to hydrolysis) is 1. The van der Waals surface area contributed by atoms with Crippen LogP contribution in [0.25, 0.3) is 0 Å². The number of hydrogen-bond acceptors (Lipinski definition) is 6. The van der Waals surface area contributed by atoms with Crippen LogP contribution in [0.1, 0.15) is 31.7 Å². The zero-order chi connectivity index (χ0) is 21.3. The largest absolute Gasteiger partial charge is 0.521 e. The molecule has 1 aromatic carbocycles. The lowest BCUT2D eigenvalue weighted by Gasteiger charge is -2.33. The Balaban J connectivity index is 1.82. The lowest BCUT2D eigenvalue weighted by molar-refractivity contribution is -0.793. The summed E-state index contributed by atoms with van der Waals surface area (Å²) in [6, 6.07) is 8.46. The van der Waals surface area contributed by atoms with Gasteiger partial charge in [-0.05, 0) is 24.7 Å². The molecule has 1 aromatic rings. The van der Waals surface area contributed by atoms with Gasteiger partial charge in [0.15, 0.2) is 0 Å². The van der Waals surface area contributed by atoms with Gasteiger partial charge in [0.2, 0.25) is 0 Å². The van der Waals surface area contributed by atoms with E-state index >= 15 is 0 Å². The fourth-order valence-corrected chi connectivity index (χ4v) is 3.95. The summed E-state index contributed by atoms with van der Waals surface area (Å²) in [7, 11) is 0. The van der Waals surface area contributed by atoms with Gasteiger partial charge in [0, 0.05) is 25.9 Å². The number of imide groups is 1. The maximum atomic E-state index is 13.1. The van der Waals surface area contributed by atoms with Gasteiger partial charge in [-0.1, -0.05) is 30.3 Å². The second-order valence-corrected chi connectivity index (χ2v) is 7.66. The third-order valence-electron chi connectivity index (χ3n) is 5.33. The molecule has 1 heterocycles. The number of carbonyl (C=O) groups is 3. The Morgan fingerprint density at radius 1 is 1.28 bits per heavy atom. The lowest BCUT2D eigenvalue weighted by atomic mass is 10.1. The van der Waals surface area contributed by atoms with E-state index < -0.39 is 22.7 Å². The van der Waals surface area contributed by atoms with Crippen LogP contribution in [0.3, 0.4) is 0 Å². The van der Waals surface area contributed by atoms with Crippen molar-refractivity contribution in [3.63, 3.8) is 0 Å². The topological polar surface area (TPSA) is 105 Å². The number of carboxylic acid groups (broad SMARTS) is 1. The maximum absolute atomic E-state index is 13.1. The zero-order valence-electron chi connectivity index (χ0n) is 16.7. The van der Waals surface area contributed by atoms with Gasteiger partial charge in [-0.3, -0.25) is 0 Å². The van der Waals surface area contributed by atoms with Crippen molar-refractivity contribution in [1.82, 2.24) is 10.6 Å². The van der Waals surface area contributed by atoms with Gasteiger partial charge in [0.1, 0.15) is 18.7 Å². The summed E-state index contributed by atoms with van der Waals surface area (Å²) < 4.78 is 4.59. The zero-order valence-corrected chi connectivity index (χ0v) is 17.6. The molecule has 1 saturated heterocycles. The lowest BCUT2D eigenvalue weighted by Crippen LogP contribution is -2.64. The number of amides is 3. The number of carbonyl (C=O) groups excluding carboxylic acids is 2. The van der Waals surface area contributed by atoms with Gasteiger partial charge in [-0.25, -0.2) is 9.59 Å². The minimum absolute atomic E-state index is 0.178. The van der Waals surface area contributed by atoms with Crippen molar-refractivity contribution < 1.29 is 28.7 Å². The van der Waals surface area contributed by atoms with Gasteiger partial charge in [-0.15, -0.1) is 0 Å². The number of rotatable bonds is 9. The van der Waals surface area contributed by atoms with Gasteiger partial charge >= 0.3 is 18.1 Å². The van der Waals surface area contributed by atoms with Crippen LogP contribution in [0.15, 0.2) is 30.3 Å². The predicted octanol–water partition coefficient (Wildman–Crippen LogP) is 2.39. The Labute approximate surface area is 176 Å². The molecule has 3 amide bonds. The van der Waals surface area contributed by atoms with Crippen molar-refractivity contribution >= 4 is 30.7 Å². The molecule has 0 spiro atoms. The second-order valence-electron chi connectivity index (χ2n) is 7.21. The van der Waals surface area contributed by atoms with Crippen LogP contribution < -0.4 is 10.6 Å². The van der Waals surface area contributed by atoms with E-state index in [4.69, 9.17) is 4.74 Å². The molecule has 9 heteroatoms. The summed E-state index contributed by atoms with van der Waals surface area (Å²) >= 11 is 4.20. The molecule has 160 valence electrons. The molecule has 0 bridgehead atoms. The van der Waals surface area contributed by atoms with Crippen LogP contribution in [-0.2, 0) is 16.1 Å². The molecule has 3 N–H and O–H groups in total. The fourth-order valence-electron chi connectivity index (χ4n) is 3.69. The highest BCUT2D eigenvalue weighted by molar-refractivity contribution is 7.80. The number of nitrogens with zero attached hydrogens (tertiary/aromatic N) is 1. The average molecular weight is 425 g/mol. The van der Waals surface area contributed by atoms with Crippen molar-refractivity contribution in [1.29, 1.82) is 0 Å². The molecule has 0 aromatic heterocycles. The van der Waals surface area contributed by atoms with Crippen molar-refractivity contribution in [3.8, 4) is 0 Å². The first-order chi connectivity index (χ1) is 13.9. The third-order valence-corrected chi connectivity index (χ3v) is 5.59. The summed E-state index contributed by atoms with van der Waals surface area (Å²) in [6.45, 7) is 2.87. The molecule has 0 saturated carbocycles. The molecule has 1 aliphatic rings. The molecule has 2 rings (SSSR count). The smallest absolute Gasteiger partial charge is 0.445 e. The Morgan fingerprint density at radius 3 is 2.59 bits per heavy atom. The fraction of sp³-hybridized carbons (Fsp3) is 0.550. The van der Waals surface area contributed by atoms with Gasteiger partial charge < -0.3 is 20.5 Å². The first-order valence-corrected chi connectivity index (χ1v) is 10.5. The summed E-state index contributed by atoms with van der Waals surface area (Å²) in [4.78, 5) is 36.8. The number of likely N-dealkylation sites (tertiary alicyclic amines) is 1. The van der Waals surface area contributed by atoms with E-state index in [0.29, 0.717) is 38.1 Å². The molecule has 0 aliphatic carbocycles.